The normalized spacial score (nSPS) is 14.6. The molecule has 0 unspecified atom stereocenters. The summed E-state index contributed by atoms with van der Waals surface area (Å²) in [6.45, 7) is 1.11. The van der Waals surface area contributed by atoms with Crippen LogP contribution in [0.5, 0.6) is 0 Å². The Bertz CT molecular complexity index is 560. The van der Waals surface area contributed by atoms with Crippen molar-refractivity contribution in [3.63, 3.8) is 0 Å². The third kappa shape index (κ3) is 0.914. The molecular formula is C10H8N2O2. The second-order valence-electron chi connectivity index (χ2n) is 3.32. The smallest absolute Gasteiger partial charge is 0.258 e. The van der Waals surface area contributed by atoms with Gasteiger partial charge in [0.05, 0.1) is 30.4 Å². The van der Waals surface area contributed by atoms with Gasteiger partial charge in [0.15, 0.2) is 0 Å². The zero-order valence-corrected chi connectivity index (χ0v) is 7.41. The lowest BCUT2D eigenvalue weighted by Crippen LogP contribution is -2.08. The van der Waals surface area contributed by atoms with Gasteiger partial charge < -0.3 is 9.72 Å². The molecule has 1 aromatic carbocycles. The molecule has 0 spiro atoms. The van der Waals surface area contributed by atoms with Gasteiger partial charge in [-0.25, -0.2) is 4.98 Å². The molecule has 2 aromatic rings. The maximum absolute atomic E-state index is 11.6. The Balaban J connectivity index is 2.53. The maximum atomic E-state index is 11.6. The van der Waals surface area contributed by atoms with Crippen molar-refractivity contribution in [2.75, 3.05) is 0 Å². The fourth-order valence-electron chi connectivity index (χ4n) is 1.84. The topological polar surface area (TPSA) is 55.0 Å². The predicted molar refractivity (Wildman–Crippen MR) is 50.9 cm³/mol. The van der Waals surface area contributed by atoms with Crippen LogP contribution in [-0.2, 0) is 18.0 Å². The number of benzene rings is 1. The minimum absolute atomic E-state index is 0.0858. The molecule has 2 heterocycles. The number of aromatic amines is 1. The van der Waals surface area contributed by atoms with Crippen molar-refractivity contribution in [3.8, 4) is 0 Å². The molecule has 0 bridgehead atoms. The fourth-order valence-corrected chi connectivity index (χ4v) is 1.84. The number of hydrogen-bond acceptors (Lipinski definition) is 3. The molecule has 4 heteroatoms. The summed E-state index contributed by atoms with van der Waals surface area (Å²) in [7, 11) is 0. The van der Waals surface area contributed by atoms with Gasteiger partial charge in [0, 0.05) is 0 Å². The molecule has 0 saturated heterocycles. The lowest BCUT2D eigenvalue weighted by atomic mass is 10.1. The molecule has 4 nitrogen and oxygen atoms in total. The van der Waals surface area contributed by atoms with Gasteiger partial charge in [0.25, 0.3) is 5.56 Å². The molecule has 1 aliphatic rings. The van der Waals surface area contributed by atoms with Gasteiger partial charge in [-0.2, -0.15) is 0 Å². The molecule has 0 fully saturated rings. The standard InChI is InChI=1S/C10H8N2O2/c13-10-9-7-4-14-3-6(7)1-2-8(9)11-5-12-10/h1-2,5H,3-4H2,(H,11,12,13). The van der Waals surface area contributed by atoms with E-state index in [-0.39, 0.29) is 5.56 Å². The van der Waals surface area contributed by atoms with Gasteiger partial charge >= 0.3 is 0 Å². The zero-order valence-electron chi connectivity index (χ0n) is 7.41. The Morgan fingerprint density at radius 1 is 1.36 bits per heavy atom. The Morgan fingerprint density at radius 2 is 2.29 bits per heavy atom. The molecule has 1 aromatic heterocycles. The third-order valence-corrected chi connectivity index (χ3v) is 2.52. The molecule has 0 aliphatic carbocycles. The first kappa shape index (κ1) is 7.70. The number of nitrogens with one attached hydrogen (secondary N) is 1. The van der Waals surface area contributed by atoms with Gasteiger partial charge in [0.1, 0.15) is 0 Å². The van der Waals surface area contributed by atoms with Crippen molar-refractivity contribution in [1.82, 2.24) is 9.97 Å². The summed E-state index contributed by atoms with van der Waals surface area (Å²) in [4.78, 5) is 18.3. The van der Waals surface area contributed by atoms with E-state index in [0.717, 1.165) is 16.6 Å². The summed E-state index contributed by atoms with van der Waals surface area (Å²) >= 11 is 0. The van der Waals surface area contributed by atoms with Crippen LogP contribution >= 0.6 is 0 Å². The molecule has 70 valence electrons. The number of H-pyrrole nitrogens is 1. The molecule has 1 N–H and O–H groups in total. The van der Waals surface area contributed by atoms with Crippen molar-refractivity contribution in [2.24, 2.45) is 0 Å². The average molecular weight is 188 g/mol. The third-order valence-electron chi connectivity index (χ3n) is 2.52. The van der Waals surface area contributed by atoms with E-state index >= 15 is 0 Å². The Labute approximate surface area is 79.6 Å². The highest BCUT2D eigenvalue weighted by Crippen LogP contribution is 2.24. The van der Waals surface area contributed by atoms with Crippen LogP contribution < -0.4 is 5.56 Å². The van der Waals surface area contributed by atoms with Crippen molar-refractivity contribution in [2.45, 2.75) is 13.2 Å². The Morgan fingerprint density at radius 3 is 3.21 bits per heavy atom. The minimum atomic E-state index is -0.0858. The van der Waals surface area contributed by atoms with Crippen molar-refractivity contribution in [3.05, 3.63) is 39.9 Å². The first-order valence-corrected chi connectivity index (χ1v) is 4.42. The summed E-state index contributed by atoms with van der Waals surface area (Å²) in [5.74, 6) is 0. The van der Waals surface area contributed by atoms with Crippen LogP contribution in [0, 0.1) is 0 Å². The number of nitrogens with zero attached hydrogens (tertiary/aromatic N) is 1. The quantitative estimate of drug-likeness (QED) is 0.669. The van der Waals surface area contributed by atoms with Gasteiger partial charge in [-0.1, -0.05) is 6.07 Å². The lowest BCUT2D eigenvalue weighted by Gasteiger charge is -2.00. The van der Waals surface area contributed by atoms with Crippen molar-refractivity contribution < 1.29 is 4.74 Å². The second-order valence-corrected chi connectivity index (χ2v) is 3.32. The summed E-state index contributed by atoms with van der Waals surface area (Å²) < 4.78 is 5.30. The van der Waals surface area contributed by atoms with Crippen molar-refractivity contribution >= 4 is 10.9 Å². The summed E-state index contributed by atoms with van der Waals surface area (Å²) in [6, 6.07) is 3.83. The first-order chi connectivity index (χ1) is 6.86. The molecule has 14 heavy (non-hydrogen) atoms. The molecule has 0 amide bonds. The Kier molecular flexibility index (Phi) is 1.46. The highest BCUT2D eigenvalue weighted by molar-refractivity contribution is 5.82. The van der Waals surface area contributed by atoms with E-state index in [2.05, 4.69) is 9.97 Å². The predicted octanol–water partition coefficient (Wildman–Crippen LogP) is 0.953. The fraction of sp³-hybridized carbons (Fsp3) is 0.200. The van der Waals surface area contributed by atoms with E-state index in [1.165, 1.54) is 6.33 Å². The molecule has 3 rings (SSSR count). The number of rotatable bonds is 0. The number of hydrogen-bond donors (Lipinski definition) is 1. The highest BCUT2D eigenvalue weighted by atomic mass is 16.5. The second kappa shape index (κ2) is 2.65. The molecule has 0 saturated carbocycles. The van der Waals surface area contributed by atoms with Crippen LogP contribution in [0.3, 0.4) is 0 Å². The molecular weight excluding hydrogens is 180 g/mol. The molecule has 0 atom stereocenters. The Hall–Kier alpha value is -1.68. The summed E-state index contributed by atoms with van der Waals surface area (Å²) in [6.07, 6.45) is 1.42. The summed E-state index contributed by atoms with van der Waals surface area (Å²) in [5, 5.41) is 0.669. The SMILES string of the molecule is O=c1[nH]cnc2ccc3c(c12)COC3. The molecule has 1 aliphatic heterocycles. The van der Waals surface area contributed by atoms with Crippen LogP contribution in [0.25, 0.3) is 10.9 Å². The van der Waals surface area contributed by atoms with E-state index in [0.29, 0.717) is 18.6 Å². The molecule has 0 radical (unpaired) electrons. The summed E-state index contributed by atoms with van der Waals surface area (Å²) in [5.41, 5.74) is 2.73. The van der Waals surface area contributed by atoms with E-state index in [1.54, 1.807) is 0 Å². The number of aromatic nitrogens is 2. The van der Waals surface area contributed by atoms with E-state index in [4.69, 9.17) is 4.74 Å². The van der Waals surface area contributed by atoms with Gasteiger partial charge in [0.2, 0.25) is 0 Å². The zero-order chi connectivity index (χ0) is 9.54. The van der Waals surface area contributed by atoms with Crippen molar-refractivity contribution in [1.29, 1.82) is 0 Å². The maximum Gasteiger partial charge on any atom is 0.258 e. The van der Waals surface area contributed by atoms with Crippen LogP contribution in [0.2, 0.25) is 0 Å². The van der Waals surface area contributed by atoms with Gasteiger partial charge in [-0.3, -0.25) is 4.79 Å². The average Bonchev–Trinajstić information content (AvgIpc) is 2.65. The minimum Gasteiger partial charge on any atom is -0.372 e. The van der Waals surface area contributed by atoms with Gasteiger partial charge in [-0.15, -0.1) is 0 Å². The monoisotopic (exact) mass is 188 g/mol. The van der Waals surface area contributed by atoms with Crippen LogP contribution in [0.4, 0.5) is 0 Å². The van der Waals surface area contributed by atoms with Crippen LogP contribution in [0.15, 0.2) is 23.3 Å². The largest absolute Gasteiger partial charge is 0.372 e. The van der Waals surface area contributed by atoms with Gasteiger partial charge in [-0.05, 0) is 17.2 Å². The lowest BCUT2D eigenvalue weighted by molar-refractivity contribution is 0.135. The van der Waals surface area contributed by atoms with E-state index < -0.39 is 0 Å². The first-order valence-electron chi connectivity index (χ1n) is 4.42. The van der Waals surface area contributed by atoms with E-state index in [9.17, 15) is 4.79 Å². The number of ether oxygens (including phenoxy) is 1. The van der Waals surface area contributed by atoms with Crippen LogP contribution in [0.1, 0.15) is 11.1 Å². The highest BCUT2D eigenvalue weighted by Gasteiger charge is 2.16. The number of fused-ring (bicyclic) bond motifs is 3. The van der Waals surface area contributed by atoms with Crippen LogP contribution in [-0.4, -0.2) is 9.97 Å². The van der Waals surface area contributed by atoms with E-state index in [1.807, 2.05) is 12.1 Å².